The number of rotatable bonds is 3. The van der Waals surface area contributed by atoms with Crippen LogP contribution in [0.2, 0.25) is 0 Å². The lowest BCUT2D eigenvalue weighted by atomic mass is 10.4. The van der Waals surface area contributed by atoms with Gasteiger partial charge in [-0.2, -0.15) is 0 Å². The van der Waals surface area contributed by atoms with Crippen LogP contribution in [0.4, 0.5) is 4.39 Å². The van der Waals surface area contributed by atoms with Gasteiger partial charge in [0.05, 0.1) is 0 Å². The molecule has 0 fully saturated rings. The Labute approximate surface area is 59.1 Å². The van der Waals surface area contributed by atoms with Gasteiger partial charge in [-0.3, -0.25) is 0 Å². The lowest BCUT2D eigenvalue weighted by Crippen LogP contribution is -1.71. The van der Waals surface area contributed by atoms with Crippen molar-refractivity contribution >= 4 is 11.8 Å². The summed E-state index contributed by atoms with van der Waals surface area (Å²) in [5.74, 6) is -0.401. The molecule has 0 unspecified atom stereocenters. The van der Waals surface area contributed by atoms with Crippen LogP contribution in [0.25, 0.3) is 0 Å². The third kappa shape index (κ3) is 3.14. The van der Waals surface area contributed by atoms with Crippen LogP contribution in [0.3, 0.4) is 0 Å². The summed E-state index contributed by atoms with van der Waals surface area (Å²) in [6, 6.07) is 0. The molecular formula is C7H9FS. The van der Waals surface area contributed by atoms with E-state index < -0.39 is 5.83 Å². The van der Waals surface area contributed by atoms with Gasteiger partial charge in [0.1, 0.15) is 5.83 Å². The molecule has 0 aromatic heterocycles. The molecule has 0 aliphatic carbocycles. The second-order valence-electron chi connectivity index (χ2n) is 1.38. The number of thioether (sulfide) groups is 1. The summed E-state index contributed by atoms with van der Waals surface area (Å²) >= 11 is 1.32. The van der Waals surface area contributed by atoms with Gasteiger partial charge in [0, 0.05) is 4.91 Å². The third-order valence-electron chi connectivity index (χ3n) is 0.757. The van der Waals surface area contributed by atoms with E-state index in [0.717, 1.165) is 0 Å². The second kappa shape index (κ2) is 4.39. The number of halogens is 1. The van der Waals surface area contributed by atoms with E-state index in [1.165, 1.54) is 17.8 Å². The van der Waals surface area contributed by atoms with Crippen molar-refractivity contribution in [2.24, 2.45) is 0 Å². The highest BCUT2D eigenvalue weighted by atomic mass is 32.2. The van der Waals surface area contributed by atoms with Crippen molar-refractivity contribution in [2.75, 3.05) is 6.26 Å². The van der Waals surface area contributed by atoms with Gasteiger partial charge in [-0.15, -0.1) is 11.8 Å². The molecule has 0 N–H and O–H groups in total. The zero-order valence-corrected chi connectivity index (χ0v) is 6.17. The first-order chi connectivity index (χ1) is 4.22. The second-order valence-corrected chi connectivity index (χ2v) is 2.22. The van der Waals surface area contributed by atoms with Crippen LogP contribution in [0.5, 0.6) is 0 Å². The number of hydrogen-bond acceptors (Lipinski definition) is 1. The molecule has 0 bridgehead atoms. The van der Waals surface area contributed by atoms with Gasteiger partial charge in [0.2, 0.25) is 0 Å². The molecule has 0 saturated heterocycles. The molecule has 0 spiro atoms. The molecular weight excluding hydrogens is 135 g/mol. The fraction of sp³-hybridized carbons (Fsp3) is 0.143. The van der Waals surface area contributed by atoms with E-state index in [2.05, 4.69) is 13.2 Å². The van der Waals surface area contributed by atoms with Gasteiger partial charge in [-0.05, 0) is 12.3 Å². The summed E-state index contributed by atoms with van der Waals surface area (Å²) in [5, 5.41) is 0. The van der Waals surface area contributed by atoms with Crippen molar-refractivity contribution < 1.29 is 4.39 Å². The van der Waals surface area contributed by atoms with Crippen molar-refractivity contribution in [2.45, 2.75) is 0 Å². The molecule has 0 aromatic rings. The SMILES string of the molecule is C=C/C=C(/SC)C(=C)F. The average molecular weight is 144 g/mol. The number of allylic oxidation sites excluding steroid dienone is 3. The van der Waals surface area contributed by atoms with E-state index in [1.807, 2.05) is 0 Å². The van der Waals surface area contributed by atoms with Gasteiger partial charge < -0.3 is 0 Å². The van der Waals surface area contributed by atoms with Crippen molar-refractivity contribution in [1.29, 1.82) is 0 Å². The highest BCUT2D eigenvalue weighted by Gasteiger charge is 1.95. The first-order valence-electron chi connectivity index (χ1n) is 2.44. The molecule has 50 valence electrons. The van der Waals surface area contributed by atoms with Crippen LogP contribution in [-0.4, -0.2) is 6.26 Å². The molecule has 0 aliphatic heterocycles. The molecule has 0 atom stereocenters. The molecule has 0 saturated carbocycles. The molecule has 0 radical (unpaired) electrons. The fourth-order valence-electron chi connectivity index (χ4n) is 0.376. The van der Waals surface area contributed by atoms with E-state index in [9.17, 15) is 4.39 Å². The van der Waals surface area contributed by atoms with E-state index in [4.69, 9.17) is 0 Å². The zero-order valence-electron chi connectivity index (χ0n) is 5.36. The quantitative estimate of drug-likeness (QED) is 0.549. The Balaban J connectivity index is 4.14. The Kier molecular flexibility index (Phi) is 4.14. The van der Waals surface area contributed by atoms with Crippen molar-refractivity contribution in [1.82, 2.24) is 0 Å². The molecule has 0 rings (SSSR count). The third-order valence-corrected chi connectivity index (χ3v) is 1.55. The van der Waals surface area contributed by atoms with E-state index in [1.54, 1.807) is 12.3 Å². The Morgan fingerprint density at radius 1 is 1.67 bits per heavy atom. The maximum absolute atomic E-state index is 12.2. The monoisotopic (exact) mass is 144 g/mol. The fourth-order valence-corrected chi connectivity index (χ4v) is 0.830. The minimum Gasteiger partial charge on any atom is -0.206 e. The summed E-state index contributed by atoms with van der Waals surface area (Å²) in [6.45, 7) is 6.57. The highest BCUT2D eigenvalue weighted by Crippen LogP contribution is 2.20. The Bertz CT molecular complexity index is 147. The van der Waals surface area contributed by atoms with Crippen LogP contribution in [-0.2, 0) is 0 Å². The average Bonchev–Trinajstić information content (AvgIpc) is 1.82. The van der Waals surface area contributed by atoms with Crippen LogP contribution < -0.4 is 0 Å². The van der Waals surface area contributed by atoms with E-state index in [0.29, 0.717) is 4.91 Å². The van der Waals surface area contributed by atoms with Crippen molar-refractivity contribution in [3.05, 3.63) is 36.0 Å². The predicted molar refractivity (Wildman–Crippen MR) is 42.0 cm³/mol. The topological polar surface area (TPSA) is 0 Å². The van der Waals surface area contributed by atoms with Crippen LogP contribution >= 0.6 is 11.8 Å². The summed E-state index contributed by atoms with van der Waals surface area (Å²) in [4.78, 5) is 0.532. The first-order valence-corrected chi connectivity index (χ1v) is 3.66. The van der Waals surface area contributed by atoms with E-state index in [-0.39, 0.29) is 0 Å². The Morgan fingerprint density at radius 3 is 2.33 bits per heavy atom. The molecule has 9 heavy (non-hydrogen) atoms. The number of hydrogen-bond donors (Lipinski definition) is 0. The molecule has 2 heteroatoms. The molecule has 0 amide bonds. The largest absolute Gasteiger partial charge is 0.206 e. The minimum atomic E-state index is -0.401. The van der Waals surface area contributed by atoms with Gasteiger partial charge >= 0.3 is 0 Å². The van der Waals surface area contributed by atoms with Gasteiger partial charge in [-0.25, -0.2) is 4.39 Å². The smallest absolute Gasteiger partial charge is 0.129 e. The lowest BCUT2D eigenvalue weighted by molar-refractivity contribution is 0.668. The van der Waals surface area contributed by atoms with Crippen LogP contribution in [0.15, 0.2) is 36.0 Å². The van der Waals surface area contributed by atoms with E-state index >= 15 is 0 Å². The minimum absolute atomic E-state index is 0.401. The van der Waals surface area contributed by atoms with Crippen molar-refractivity contribution in [3.63, 3.8) is 0 Å². The summed E-state index contributed by atoms with van der Waals surface area (Å²) in [5.41, 5.74) is 0. The first kappa shape index (κ1) is 8.50. The maximum atomic E-state index is 12.2. The summed E-state index contributed by atoms with van der Waals surface area (Å²) in [6.07, 6.45) is 4.92. The molecule has 0 aliphatic rings. The van der Waals surface area contributed by atoms with Crippen LogP contribution in [0, 0.1) is 0 Å². The van der Waals surface area contributed by atoms with Crippen molar-refractivity contribution in [3.8, 4) is 0 Å². The standard InChI is InChI=1S/C7H9FS/c1-4-5-7(9-3)6(2)8/h4-5H,1-2H2,3H3/b7-5+. The maximum Gasteiger partial charge on any atom is 0.129 e. The molecule has 0 aromatic carbocycles. The van der Waals surface area contributed by atoms with Crippen LogP contribution in [0.1, 0.15) is 0 Å². The lowest BCUT2D eigenvalue weighted by Gasteiger charge is -1.94. The zero-order chi connectivity index (χ0) is 7.28. The summed E-state index contributed by atoms with van der Waals surface area (Å²) < 4.78 is 12.2. The van der Waals surface area contributed by atoms with Gasteiger partial charge in [0.25, 0.3) is 0 Å². The van der Waals surface area contributed by atoms with Gasteiger partial charge in [-0.1, -0.05) is 19.2 Å². The summed E-state index contributed by atoms with van der Waals surface area (Å²) in [7, 11) is 0. The predicted octanol–water partition coefficient (Wildman–Crippen LogP) is 2.90. The van der Waals surface area contributed by atoms with Gasteiger partial charge in [0.15, 0.2) is 0 Å². The Hall–Kier alpha value is -0.500. The normalized spacial score (nSPS) is 11.1. The Morgan fingerprint density at radius 2 is 2.22 bits per heavy atom. The highest BCUT2D eigenvalue weighted by molar-refractivity contribution is 8.02. The molecule has 0 heterocycles. The molecule has 0 nitrogen and oxygen atoms in total.